The lowest BCUT2D eigenvalue weighted by Gasteiger charge is -2.21. The molecule has 2 heterocycles. The zero-order valence-electron chi connectivity index (χ0n) is 22.2. The van der Waals surface area contributed by atoms with Crippen LogP contribution in [0.15, 0.2) is 66.7 Å². The van der Waals surface area contributed by atoms with Crippen molar-refractivity contribution < 1.29 is 14.4 Å². The SMILES string of the molecule is CC(=O)CCc1ccc2c(c1)[nH]c1c(C(N)=O)ccc(-c3cccc(N4Cc5ccc(C)cc5C4=O)c3C)c12. The highest BCUT2D eigenvalue weighted by molar-refractivity contribution is 6.20. The molecule has 0 bridgehead atoms. The van der Waals surface area contributed by atoms with Gasteiger partial charge in [-0.2, -0.15) is 0 Å². The summed E-state index contributed by atoms with van der Waals surface area (Å²) in [7, 11) is 0. The lowest BCUT2D eigenvalue weighted by atomic mass is 9.93. The number of Topliss-reactive ketones (excluding diaryl/α,β-unsaturated/α-hetero) is 1. The molecule has 39 heavy (non-hydrogen) atoms. The van der Waals surface area contributed by atoms with E-state index < -0.39 is 5.91 Å². The summed E-state index contributed by atoms with van der Waals surface area (Å²) in [5, 5.41) is 1.88. The van der Waals surface area contributed by atoms with Crippen molar-refractivity contribution in [1.82, 2.24) is 4.98 Å². The van der Waals surface area contributed by atoms with Crippen LogP contribution >= 0.6 is 0 Å². The molecule has 2 amide bonds. The molecule has 6 rings (SSSR count). The molecule has 194 valence electrons. The standard InChI is InChI=1S/C33H29N3O3/c1-18-7-11-22-17-36(33(39)27(22)15-18)29-6-4-5-23(20(29)3)24-13-14-26(32(34)38)31-30(24)25-12-10-21(9-8-19(2)37)16-28(25)35-31/h4-7,10-16,35H,8-9,17H2,1-3H3,(H2,34,38). The maximum absolute atomic E-state index is 13.4. The van der Waals surface area contributed by atoms with Crippen LogP contribution in [0.3, 0.4) is 0 Å². The number of nitrogens with one attached hydrogen (secondary N) is 1. The number of hydrogen-bond acceptors (Lipinski definition) is 3. The first-order valence-electron chi connectivity index (χ1n) is 13.1. The second kappa shape index (κ2) is 9.24. The fourth-order valence-corrected chi connectivity index (χ4v) is 5.78. The molecule has 0 spiro atoms. The van der Waals surface area contributed by atoms with Gasteiger partial charge in [-0.1, -0.05) is 48.0 Å². The van der Waals surface area contributed by atoms with Crippen LogP contribution in [0.2, 0.25) is 0 Å². The lowest BCUT2D eigenvalue weighted by molar-refractivity contribution is -0.116. The molecule has 5 aromatic rings. The van der Waals surface area contributed by atoms with Gasteiger partial charge >= 0.3 is 0 Å². The highest BCUT2D eigenvalue weighted by Gasteiger charge is 2.30. The number of nitrogens with two attached hydrogens (primary N) is 1. The largest absolute Gasteiger partial charge is 0.366 e. The van der Waals surface area contributed by atoms with Gasteiger partial charge in [-0.05, 0) is 79.3 Å². The summed E-state index contributed by atoms with van der Waals surface area (Å²) in [5.41, 5.74) is 15.4. The molecule has 0 atom stereocenters. The summed E-state index contributed by atoms with van der Waals surface area (Å²) in [5.74, 6) is -0.348. The van der Waals surface area contributed by atoms with Gasteiger partial charge in [0.15, 0.2) is 0 Å². The van der Waals surface area contributed by atoms with Gasteiger partial charge in [0, 0.05) is 34.0 Å². The number of carbonyl (C=O) groups is 3. The van der Waals surface area contributed by atoms with Crippen molar-refractivity contribution in [3.63, 3.8) is 0 Å². The minimum Gasteiger partial charge on any atom is -0.366 e. The van der Waals surface area contributed by atoms with E-state index in [-0.39, 0.29) is 11.7 Å². The molecule has 1 aromatic heterocycles. The molecule has 0 aliphatic carbocycles. The van der Waals surface area contributed by atoms with E-state index in [0.717, 1.165) is 60.9 Å². The molecule has 0 radical (unpaired) electrons. The average molecular weight is 516 g/mol. The van der Waals surface area contributed by atoms with Gasteiger partial charge in [-0.25, -0.2) is 0 Å². The van der Waals surface area contributed by atoms with Gasteiger partial charge < -0.3 is 20.4 Å². The second-order valence-corrected chi connectivity index (χ2v) is 10.5. The summed E-state index contributed by atoms with van der Waals surface area (Å²) in [6.07, 6.45) is 1.14. The number of rotatable bonds is 6. The van der Waals surface area contributed by atoms with Crippen LogP contribution in [0.25, 0.3) is 32.9 Å². The van der Waals surface area contributed by atoms with E-state index in [9.17, 15) is 14.4 Å². The molecule has 3 N–H and O–H groups in total. The van der Waals surface area contributed by atoms with Crippen molar-refractivity contribution in [3.8, 4) is 11.1 Å². The topological polar surface area (TPSA) is 96.3 Å². The number of fused-ring (bicyclic) bond motifs is 4. The molecule has 0 unspecified atom stereocenters. The quantitative estimate of drug-likeness (QED) is 0.274. The number of nitrogens with zero attached hydrogens (tertiary/aromatic N) is 1. The number of anilines is 1. The van der Waals surface area contributed by atoms with Gasteiger partial charge in [0.2, 0.25) is 0 Å². The number of H-pyrrole nitrogens is 1. The van der Waals surface area contributed by atoms with Gasteiger partial charge in [-0.15, -0.1) is 0 Å². The third-order valence-electron chi connectivity index (χ3n) is 7.81. The number of primary amides is 1. The maximum atomic E-state index is 13.4. The predicted molar refractivity (Wildman–Crippen MR) is 155 cm³/mol. The van der Waals surface area contributed by atoms with Crippen molar-refractivity contribution >= 4 is 45.1 Å². The van der Waals surface area contributed by atoms with Gasteiger partial charge in [0.1, 0.15) is 5.78 Å². The fraction of sp³-hybridized carbons (Fsp3) is 0.182. The summed E-state index contributed by atoms with van der Waals surface area (Å²) >= 11 is 0. The van der Waals surface area contributed by atoms with Crippen LogP contribution in [0.4, 0.5) is 5.69 Å². The van der Waals surface area contributed by atoms with E-state index in [2.05, 4.69) is 11.1 Å². The van der Waals surface area contributed by atoms with Crippen LogP contribution < -0.4 is 10.6 Å². The van der Waals surface area contributed by atoms with Crippen LogP contribution in [0, 0.1) is 13.8 Å². The number of ketones is 1. The first-order chi connectivity index (χ1) is 18.7. The van der Waals surface area contributed by atoms with Crippen molar-refractivity contribution in [2.75, 3.05) is 4.90 Å². The summed E-state index contributed by atoms with van der Waals surface area (Å²) < 4.78 is 0. The van der Waals surface area contributed by atoms with E-state index in [1.165, 1.54) is 0 Å². The molecule has 6 heteroatoms. The van der Waals surface area contributed by atoms with Crippen molar-refractivity contribution in [2.45, 2.75) is 40.2 Å². The predicted octanol–water partition coefficient (Wildman–Crippen LogP) is 6.39. The number of aryl methyl sites for hydroxylation is 2. The van der Waals surface area contributed by atoms with Crippen molar-refractivity contribution in [3.05, 3.63) is 100 Å². The number of benzene rings is 4. The minimum atomic E-state index is -0.504. The number of aromatic amines is 1. The van der Waals surface area contributed by atoms with E-state index >= 15 is 0 Å². The third kappa shape index (κ3) is 4.09. The molecule has 6 nitrogen and oxygen atoms in total. The lowest BCUT2D eigenvalue weighted by Crippen LogP contribution is -2.24. The zero-order valence-corrected chi connectivity index (χ0v) is 22.2. The summed E-state index contributed by atoms with van der Waals surface area (Å²) in [6.45, 7) is 6.16. The monoisotopic (exact) mass is 515 g/mol. The van der Waals surface area contributed by atoms with E-state index in [0.29, 0.717) is 30.5 Å². The molecule has 0 saturated carbocycles. The Kier molecular flexibility index (Phi) is 5.83. The normalized spacial score (nSPS) is 12.9. The Morgan fingerprint density at radius 1 is 0.949 bits per heavy atom. The average Bonchev–Trinajstić information content (AvgIpc) is 3.44. The number of amides is 2. The summed E-state index contributed by atoms with van der Waals surface area (Å²) in [4.78, 5) is 42.5. The number of carbonyl (C=O) groups excluding carboxylic acids is 3. The van der Waals surface area contributed by atoms with E-state index in [4.69, 9.17) is 5.73 Å². The Bertz CT molecular complexity index is 1850. The smallest absolute Gasteiger partial charge is 0.258 e. The molecule has 0 fully saturated rings. The van der Waals surface area contributed by atoms with E-state index in [1.807, 2.05) is 73.3 Å². The summed E-state index contributed by atoms with van der Waals surface area (Å²) in [6, 6.07) is 21.9. The molecule has 1 aliphatic rings. The van der Waals surface area contributed by atoms with Crippen molar-refractivity contribution in [2.24, 2.45) is 5.73 Å². The highest BCUT2D eigenvalue weighted by atomic mass is 16.2. The highest BCUT2D eigenvalue weighted by Crippen LogP contribution is 2.41. The zero-order chi connectivity index (χ0) is 27.4. The molecule has 4 aromatic carbocycles. The Balaban J connectivity index is 1.51. The molecular formula is C33H29N3O3. The van der Waals surface area contributed by atoms with Crippen LogP contribution in [-0.4, -0.2) is 22.6 Å². The number of hydrogen-bond donors (Lipinski definition) is 2. The van der Waals surface area contributed by atoms with Crippen LogP contribution in [-0.2, 0) is 17.8 Å². The Hall–Kier alpha value is -4.71. The second-order valence-electron chi connectivity index (χ2n) is 10.5. The van der Waals surface area contributed by atoms with Gasteiger partial charge in [0.25, 0.3) is 11.8 Å². The van der Waals surface area contributed by atoms with Crippen molar-refractivity contribution in [1.29, 1.82) is 0 Å². The Labute approximate surface area is 226 Å². The first-order valence-corrected chi connectivity index (χ1v) is 13.1. The molecular weight excluding hydrogens is 486 g/mol. The Morgan fingerprint density at radius 3 is 2.54 bits per heavy atom. The van der Waals surface area contributed by atoms with Gasteiger partial charge in [0.05, 0.1) is 17.6 Å². The fourth-order valence-electron chi connectivity index (χ4n) is 5.78. The van der Waals surface area contributed by atoms with Gasteiger partial charge in [-0.3, -0.25) is 9.59 Å². The molecule has 1 aliphatic heterocycles. The minimum absolute atomic E-state index is 0.00774. The van der Waals surface area contributed by atoms with Crippen LogP contribution in [0.1, 0.15) is 56.3 Å². The third-order valence-corrected chi connectivity index (χ3v) is 7.81. The maximum Gasteiger partial charge on any atom is 0.258 e. The van der Waals surface area contributed by atoms with Crippen LogP contribution in [0.5, 0.6) is 0 Å². The Morgan fingerprint density at radius 2 is 1.77 bits per heavy atom. The first kappa shape index (κ1) is 24.6. The molecule has 0 saturated heterocycles. The number of aromatic nitrogens is 1. The van der Waals surface area contributed by atoms with E-state index in [1.54, 1.807) is 13.0 Å².